The molecule has 0 saturated carbocycles. The number of alkyl halides is 2. The summed E-state index contributed by atoms with van der Waals surface area (Å²) in [5, 5.41) is 36.1. The van der Waals surface area contributed by atoms with E-state index in [-0.39, 0.29) is 11.8 Å². The second-order valence-corrected chi connectivity index (χ2v) is 3.04. The molecule has 0 spiro atoms. The quantitative estimate of drug-likeness (QED) is 0.443. The van der Waals surface area contributed by atoms with Crippen LogP contribution < -0.4 is 0 Å². The third-order valence-corrected chi connectivity index (χ3v) is 2.09. The van der Waals surface area contributed by atoms with Crippen molar-refractivity contribution in [2.75, 3.05) is 11.8 Å². The van der Waals surface area contributed by atoms with Crippen LogP contribution in [0.5, 0.6) is 0 Å². The zero-order valence-electron chi connectivity index (χ0n) is 6.27. The van der Waals surface area contributed by atoms with Gasteiger partial charge in [-0.25, -0.2) is 0 Å². The molecule has 0 aromatic rings. The van der Waals surface area contributed by atoms with E-state index < -0.39 is 24.4 Å². The van der Waals surface area contributed by atoms with E-state index in [1.807, 2.05) is 0 Å². The SMILES string of the molecule is O[C@H]([C@H](O)[C@H](O)CCl)[C@@H](O)CCl. The number of hydrogen-bond donors (Lipinski definition) is 4. The molecule has 0 saturated heterocycles. The Kier molecular flexibility index (Phi) is 6.17. The predicted molar refractivity (Wildman–Crippen MR) is 45.5 cm³/mol. The summed E-state index contributed by atoms with van der Waals surface area (Å²) in [6.07, 6.45) is -5.48. The zero-order chi connectivity index (χ0) is 9.72. The maximum Gasteiger partial charge on any atom is 0.109 e. The summed E-state index contributed by atoms with van der Waals surface area (Å²) in [5.41, 5.74) is 0. The molecule has 0 aliphatic rings. The molecule has 0 bridgehead atoms. The molecular formula is C6H12Cl2O4. The highest BCUT2D eigenvalue weighted by Gasteiger charge is 2.29. The van der Waals surface area contributed by atoms with Crippen molar-refractivity contribution in [2.45, 2.75) is 24.4 Å². The first-order valence-electron chi connectivity index (χ1n) is 3.38. The Labute approximate surface area is 80.3 Å². The molecule has 12 heavy (non-hydrogen) atoms. The molecule has 0 radical (unpaired) electrons. The Morgan fingerprint density at radius 1 is 0.750 bits per heavy atom. The fraction of sp³-hybridized carbons (Fsp3) is 1.00. The lowest BCUT2D eigenvalue weighted by Gasteiger charge is -2.24. The number of halogens is 2. The van der Waals surface area contributed by atoms with Crippen molar-refractivity contribution in [1.29, 1.82) is 0 Å². The fourth-order valence-corrected chi connectivity index (χ4v) is 1.00. The summed E-state index contributed by atoms with van der Waals surface area (Å²) in [7, 11) is 0. The fourth-order valence-electron chi connectivity index (χ4n) is 0.638. The highest BCUT2D eigenvalue weighted by atomic mass is 35.5. The van der Waals surface area contributed by atoms with E-state index in [1.165, 1.54) is 0 Å². The van der Waals surface area contributed by atoms with Crippen LogP contribution in [0.3, 0.4) is 0 Å². The van der Waals surface area contributed by atoms with Gasteiger partial charge in [0.05, 0.1) is 24.0 Å². The highest BCUT2D eigenvalue weighted by Crippen LogP contribution is 2.07. The average molecular weight is 219 g/mol. The second-order valence-electron chi connectivity index (χ2n) is 2.42. The third kappa shape index (κ3) is 3.43. The first-order valence-corrected chi connectivity index (χ1v) is 4.45. The van der Waals surface area contributed by atoms with Gasteiger partial charge in [0.15, 0.2) is 0 Å². The van der Waals surface area contributed by atoms with Gasteiger partial charge in [0.1, 0.15) is 12.2 Å². The monoisotopic (exact) mass is 218 g/mol. The maximum absolute atomic E-state index is 9.08. The number of aliphatic hydroxyl groups is 4. The van der Waals surface area contributed by atoms with Gasteiger partial charge in [-0.15, -0.1) is 23.2 Å². The Morgan fingerprint density at radius 3 is 1.17 bits per heavy atom. The third-order valence-electron chi connectivity index (χ3n) is 1.45. The van der Waals surface area contributed by atoms with Crippen molar-refractivity contribution >= 4 is 23.2 Å². The van der Waals surface area contributed by atoms with Gasteiger partial charge in [-0.1, -0.05) is 0 Å². The van der Waals surface area contributed by atoms with Gasteiger partial charge in [0.2, 0.25) is 0 Å². The van der Waals surface area contributed by atoms with Crippen LogP contribution in [-0.2, 0) is 0 Å². The second kappa shape index (κ2) is 5.96. The van der Waals surface area contributed by atoms with E-state index in [2.05, 4.69) is 0 Å². The van der Waals surface area contributed by atoms with E-state index in [0.29, 0.717) is 0 Å². The molecule has 0 aliphatic carbocycles. The summed E-state index contributed by atoms with van der Waals surface area (Å²) < 4.78 is 0. The minimum absolute atomic E-state index is 0.215. The van der Waals surface area contributed by atoms with E-state index in [1.54, 1.807) is 0 Å². The van der Waals surface area contributed by atoms with Gasteiger partial charge in [0, 0.05) is 0 Å². The van der Waals surface area contributed by atoms with Gasteiger partial charge in [0.25, 0.3) is 0 Å². The smallest absolute Gasteiger partial charge is 0.109 e. The summed E-state index contributed by atoms with van der Waals surface area (Å²) in [6.45, 7) is 0. The Bertz CT molecular complexity index is 110. The molecular weight excluding hydrogens is 207 g/mol. The number of hydrogen-bond acceptors (Lipinski definition) is 4. The Morgan fingerprint density at radius 2 is 1.00 bits per heavy atom. The van der Waals surface area contributed by atoms with E-state index in [4.69, 9.17) is 43.6 Å². The van der Waals surface area contributed by atoms with Crippen LogP contribution in [0.1, 0.15) is 0 Å². The van der Waals surface area contributed by atoms with Crippen molar-refractivity contribution in [3.63, 3.8) is 0 Å². The maximum atomic E-state index is 9.08. The summed E-state index contributed by atoms with van der Waals surface area (Å²) in [6, 6.07) is 0. The van der Waals surface area contributed by atoms with Crippen molar-refractivity contribution < 1.29 is 20.4 Å². The Hall–Kier alpha value is 0.420. The van der Waals surface area contributed by atoms with Crippen LogP contribution in [0, 0.1) is 0 Å². The van der Waals surface area contributed by atoms with Gasteiger partial charge in [-0.3, -0.25) is 0 Å². The van der Waals surface area contributed by atoms with Crippen molar-refractivity contribution in [1.82, 2.24) is 0 Å². The van der Waals surface area contributed by atoms with E-state index >= 15 is 0 Å². The number of aliphatic hydroxyl groups excluding tert-OH is 4. The standard InChI is InChI=1S/C6H12Cl2O4/c7-1-3(9)5(11)6(12)4(10)2-8/h3-6,9-12H,1-2H2/t3-,4+,5-,6+. The highest BCUT2D eigenvalue weighted by molar-refractivity contribution is 6.18. The first kappa shape index (κ1) is 12.4. The van der Waals surface area contributed by atoms with Crippen molar-refractivity contribution in [2.24, 2.45) is 0 Å². The van der Waals surface area contributed by atoms with Crippen LogP contribution in [0.2, 0.25) is 0 Å². The topological polar surface area (TPSA) is 80.9 Å². The summed E-state index contributed by atoms with van der Waals surface area (Å²) in [5.74, 6) is -0.430. The molecule has 0 aromatic heterocycles. The molecule has 0 amide bonds. The van der Waals surface area contributed by atoms with Crippen molar-refractivity contribution in [3.8, 4) is 0 Å². The van der Waals surface area contributed by atoms with Crippen LogP contribution in [0.15, 0.2) is 0 Å². The molecule has 4 nitrogen and oxygen atoms in total. The van der Waals surface area contributed by atoms with Crippen LogP contribution >= 0.6 is 23.2 Å². The lowest BCUT2D eigenvalue weighted by molar-refractivity contribution is -0.0928. The molecule has 6 heteroatoms. The predicted octanol–water partition coefficient (Wildman–Crippen LogP) is -1.09. The van der Waals surface area contributed by atoms with Crippen LogP contribution in [0.25, 0.3) is 0 Å². The van der Waals surface area contributed by atoms with Crippen LogP contribution in [0.4, 0.5) is 0 Å². The largest absolute Gasteiger partial charge is 0.389 e. The molecule has 4 N–H and O–H groups in total. The van der Waals surface area contributed by atoms with Crippen LogP contribution in [-0.4, -0.2) is 56.6 Å². The normalized spacial score (nSPS) is 21.5. The Balaban J connectivity index is 3.99. The van der Waals surface area contributed by atoms with E-state index in [9.17, 15) is 0 Å². The minimum atomic E-state index is -1.48. The zero-order valence-corrected chi connectivity index (χ0v) is 7.78. The van der Waals surface area contributed by atoms with Gasteiger partial charge in [-0.2, -0.15) is 0 Å². The molecule has 74 valence electrons. The molecule has 0 aromatic carbocycles. The lowest BCUT2D eigenvalue weighted by Crippen LogP contribution is -2.45. The van der Waals surface area contributed by atoms with E-state index in [0.717, 1.165) is 0 Å². The summed E-state index contributed by atoms with van der Waals surface area (Å²) >= 11 is 10.4. The first-order chi connectivity index (χ1) is 5.54. The average Bonchev–Trinajstić information content (AvgIpc) is 2.12. The van der Waals surface area contributed by atoms with Gasteiger partial charge < -0.3 is 20.4 Å². The molecule has 0 aliphatic heterocycles. The number of rotatable bonds is 5. The lowest BCUT2D eigenvalue weighted by atomic mass is 10.1. The summed E-state index contributed by atoms with van der Waals surface area (Å²) in [4.78, 5) is 0. The van der Waals surface area contributed by atoms with Crippen molar-refractivity contribution in [3.05, 3.63) is 0 Å². The minimum Gasteiger partial charge on any atom is -0.389 e. The molecule has 0 heterocycles. The van der Waals surface area contributed by atoms with Gasteiger partial charge >= 0.3 is 0 Å². The molecule has 0 fully saturated rings. The molecule has 0 rings (SSSR count). The van der Waals surface area contributed by atoms with Gasteiger partial charge in [-0.05, 0) is 0 Å². The molecule has 0 unspecified atom stereocenters. The molecule has 4 atom stereocenters.